The molecule has 1 fully saturated rings. The molecule has 0 saturated carbocycles. The van der Waals surface area contributed by atoms with E-state index in [2.05, 4.69) is 33.2 Å². The Hall–Kier alpha value is -3.95. The van der Waals surface area contributed by atoms with Gasteiger partial charge in [0.1, 0.15) is 0 Å². The fraction of sp³-hybridized carbons (Fsp3) is 0.333. The lowest BCUT2D eigenvalue weighted by Crippen LogP contribution is -2.25. The van der Waals surface area contributed by atoms with Crippen molar-refractivity contribution < 1.29 is 19.1 Å². The summed E-state index contributed by atoms with van der Waals surface area (Å²) in [5, 5.41) is 9.04. The van der Waals surface area contributed by atoms with Gasteiger partial charge >= 0.3 is 5.97 Å². The van der Waals surface area contributed by atoms with Crippen LogP contribution in [0.5, 0.6) is 0 Å². The zero-order valence-corrected chi connectivity index (χ0v) is 24.6. The number of nitrogens with one attached hydrogen (secondary N) is 1. The second kappa shape index (κ2) is 14.8. The van der Waals surface area contributed by atoms with Crippen molar-refractivity contribution >= 4 is 46.7 Å². The van der Waals surface area contributed by atoms with Crippen LogP contribution in [0.15, 0.2) is 76.7 Å². The fourth-order valence-electron chi connectivity index (χ4n) is 4.94. The molecule has 9 heteroatoms. The summed E-state index contributed by atoms with van der Waals surface area (Å²) < 4.78 is 12.8. The molecule has 1 amide bonds. The molecule has 3 heterocycles. The molecule has 0 aliphatic carbocycles. The average molecular weight is 585 g/mol. The van der Waals surface area contributed by atoms with E-state index in [-0.39, 0.29) is 18.1 Å². The minimum Gasteiger partial charge on any atom is -0.469 e. The number of hydrogen-bond acceptors (Lipinski definition) is 7. The van der Waals surface area contributed by atoms with E-state index < -0.39 is 0 Å². The molecule has 218 valence electrons. The Morgan fingerprint density at radius 1 is 1.07 bits per heavy atom. The highest BCUT2D eigenvalue weighted by Crippen LogP contribution is 2.35. The van der Waals surface area contributed by atoms with Crippen LogP contribution in [0.3, 0.4) is 0 Å². The highest BCUT2D eigenvalue weighted by molar-refractivity contribution is 7.99. The molecule has 2 aromatic carbocycles. The summed E-state index contributed by atoms with van der Waals surface area (Å²) in [5.41, 5.74) is 3.38. The Balaban J connectivity index is 1.33. The number of esters is 1. The number of aromatic nitrogens is 3. The smallest absolute Gasteiger partial charge is 0.305 e. The quantitative estimate of drug-likeness (QED) is 0.143. The normalized spacial score (nSPS) is 15.2. The van der Waals surface area contributed by atoms with Gasteiger partial charge in [-0.05, 0) is 86.7 Å². The first kappa shape index (κ1) is 29.5. The topological polar surface area (TPSA) is 95.3 Å². The lowest BCUT2D eigenvalue weighted by molar-refractivity contribution is -0.140. The molecule has 2 aromatic heterocycles. The van der Waals surface area contributed by atoms with Gasteiger partial charge in [-0.15, -0.1) is 0 Å². The van der Waals surface area contributed by atoms with Crippen molar-refractivity contribution in [2.75, 3.05) is 20.3 Å². The molecule has 1 aliphatic rings. The number of hydrogen-bond donors (Lipinski definition) is 1. The number of ether oxygens (including phenoxy) is 2. The SMILES string of the molecule is COC(=O)CCCCCNC(=O)c1ccccc1Sc1ccc2c(C=Cc3ccccn3)nn(C3CCCCO3)c2c1. The maximum Gasteiger partial charge on any atom is 0.305 e. The van der Waals surface area contributed by atoms with Crippen molar-refractivity contribution in [2.45, 2.75) is 61.0 Å². The zero-order chi connectivity index (χ0) is 29.1. The summed E-state index contributed by atoms with van der Waals surface area (Å²) in [4.78, 5) is 30.6. The zero-order valence-electron chi connectivity index (χ0n) is 23.8. The number of amides is 1. The molecule has 1 saturated heterocycles. The first-order valence-electron chi connectivity index (χ1n) is 14.5. The molecule has 42 heavy (non-hydrogen) atoms. The third-order valence-electron chi connectivity index (χ3n) is 7.17. The Bertz CT molecular complexity index is 1530. The number of unbranched alkanes of at least 4 members (excludes halogenated alkanes) is 2. The maximum atomic E-state index is 13.1. The molecule has 0 radical (unpaired) electrons. The summed E-state index contributed by atoms with van der Waals surface area (Å²) in [5.74, 6) is -0.301. The number of nitrogens with zero attached hydrogens (tertiary/aromatic N) is 3. The largest absolute Gasteiger partial charge is 0.469 e. The Labute approximate surface area is 250 Å². The van der Waals surface area contributed by atoms with Crippen LogP contribution in [0.25, 0.3) is 23.1 Å². The number of benzene rings is 2. The van der Waals surface area contributed by atoms with Gasteiger partial charge in [0.05, 0.1) is 29.6 Å². The van der Waals surface area contributed by atoms with Gasteiger partial charge in [0.15, 0.2) is 6.23 Å². The Morgan fingerprint density at radius 2 is 1.95 bits per heavy atom. The van der Waals surface area contributed by atoms with Crippen LogP contribution < -0.4 is 5.32 Å². The molecule has 0 bridgehead atoms. The predicted molar refractivity (Wildman–Crippen MR) is 165 cm³/mol. The first-order chi connectivity index (χ1) is 20.6. The van der Waals surface area contributed by atoms with Crippen molar-refractivity contribution in [3.05, 3.63) is 83.8 Å². The summed E-state index contributed by atoms with van der Waals surface area (Å²) in [6, 6.07) is 19.8. The van der Waals surface area contributed by atoms with Crippen LogP contribution in [0, 0.1) is 0 Å². The second-order valence-electron chi connectivity index (χ2n) is 10.2. The van der Waals surface area contributed by atoms with Gasteiger partial charge < -0.3 is 14.8 Å². The van der Waals surface area contributed by atoms with Gasteiger partial charge in [0.25, 0.3) is 5.91 Å². The van der Waals surface area contributed by atoms with Gasteiger partial charge in [-0.3, -0.25) is 14.6 Å². The van der Waals surface area contributed by atoms with E-state index >= 15 is 0 Å². The molecule has 5 rings (SSSR count). The van der Waals surface area contributed by atoms with E-state index in [0.717, 1.165) is 77.2 Å². The number of rotatable bonds is 12. The molecular formula is C33H36N4O4S. The van der Waals surface area contributed by atoms with E-state index in [0.29, 0.717) is 18.5 Å². The predicted octanol–water partition coefficient (Wildman–Crippen LogP) is 6.92. The standard InChI is InChI=1S/C33H36N4O4S/c1-40-32(38)15-3-2-8-21-35-33(39)27-12-4-5-13-30(27)42-25-17-18-26-28(19-16-24-11-6-9-20-34-24)36-37(29(26)23-25)31-14-7-10-22-41-31/h4-6,9,11-13,16-20,23,31H,2-3,7-8,10,14-15,21-22H2,1H3,(H,35,39). The minimum absolute atomic E-state index is 0.102. The molecule has 4 aromatic rings. The number of pyridine rings is 1. The number of methoxy groups -OCH3 is 1. The van der Waals surface area contributed by atoms with Crippen LogP contribution in [0.1, 0.15) is 72.9 Å². The van der Waals surface area contributed by atoms with Crippen molar-refractivity contribution in [3.8, 4) is 0 Å². The maximum absolute atomic E-state index is 13.1. The Kier molecular flexibility index (Phi) is 10.4. The van der Waals surface area contributed by atoms with Gasteiger partial charge in [0, 0.05) is 40.9 Å². The summed E-state index contributed by atoms with van der Waals surface area (Å²) in [7, 11) is 1.40. The monoisotopic (exact) mass is 584 g/mol. The summed E-state index contributed by atoms with van der Waals surface area (Å²) in [6.45, 7) is 1.29. The van der Waals surface area contributed by atoms with E-state index in [1.807, 2.05) is 59.3 Å². The van der Waals surface area contributed by atoms with Crippen LogP contribution >= 0.6 is 11.8 Å². The van der Waals surface area contributed by atoms with Crippen molar-refractivity contribution in [1.82, 2.24) is 20.1 Å². The first-order valence-corrected chi connectivity index (χ1v) is 15.3. The Morgan fingerprint density at radius 3 is 2.76 bits per heavy atom. The van der Waals surface area contributed by atoms with Gasteiger partial charge in [-0.2, -0.15) is 5.10 Å². The van der Waals surface area contributed by atoms with Crippen LogP contribution in [-0.4, -0.2) is 46.9 Å². The number of carbonyl (C=O) groups excluding carboxylic acids is 2. The molecular weight excluding hydrogens is 548 g/mol. The third kappa shape index (κ3) is 7.66. The molecule has 0 spiro atoms. The second-order valence-corrected chi connectivity index (χ2v) is 11.3. The van der Waals surface area contributed by atoms with E-state index in [9.17, 15) is 9.59 Å². The number of carbonyl (C=O) groups is 2. The molecule has 1 atom stereocenters. The highest BCUT2D eigenvalue weighted by Gasteiger charge is 2.21. The van der Waals surface area contributed by atoms with E-state index in [4.69, 9.17) is 9.84 Å². The minimum atomic E-state index is -0.199. The molecule has 1 aliphatic heterocycles. The van der Waals surface area contributed by atoms with Crippen molar-refractivity contribution in [1.29, 1.82) is 0 Å². The van der Waals surface area contributed by atoms with Crippen LogP contribution in [-0.2, 0) is 14.3 Å². The average Bonchev–Trinajstić information content (AvgIpc) is 3.40. The van der Waals surface area contributed by atoms with Crippen LogP contribution in [0.2, 0.25) is 0 Å². The lowest BCUT2D eigenvalue weighted by atomic mass is 10.1. The third-order valence-corrected chi connectivity index (χ3v) is 8.23. The lowest BCUT2D eigenvalue weighted by Gasteiger charge is -2.23. The summed E-state index contributed by atoms with van der Waals surface area (Å²) in [6.07, 6.45) is 11.6. The fourth-order valence-corrected chi connectivity index (χ4v) is 5.92. The van der Waals surface area contributed by atoms with Crippen molar-refractivity contribution in [3.63, 3.8) is 0 Å². The van der Waals surface area contributed by atoms with Gasteiger partial charge in [-0.1, -0.05) is 36.4 Å². The molecule has 1 unspecified atom stereocenters. The molecule has 8 nitrogen and oxygen atoms in total. The number of fused-ring (bicyclic) bond motifs is 1. The highest BCUT2D eigenvalue weighted by atomic mass is 32.2. The van der Waals surface area contributed by atoms with Gasteiger partial charge in [0.2, 0.25) is 0 Å². The van der Waals surface area contributed by atoms with E-state index in [1.165, 1.54) is 7.11 Å². The van der Waals surface area contributed by atoms with Crippen molar-refractivity contribution in [2.24, 2.45) is 0 Å². The summed E-state index contributed by atoms with van der Waals surface area (Å²) >= 11 is 1.56. The van der Waals surface area contributed by atoms with Crippen LogP contribution in [0.4, 0.5) is 0 Å². The van der Waals surface area contributed by atoms with E-state index in [1.54, 1.807) is 18.0 Å². The molecule has 1 N–H and O–H groups in total. The van der Waals surface area contributed by atoms with Gasteiger partial charge in [-0.25, -0.2) is 4.68 Å².